The minimum atomic E-state index is -0.196. The summed E-state index contributed by atoms with van der Waals surface area (Å²) in [5.74, 6) is 0.129. The van der Waals surface area contributed by atoms with Crippen molar-refractivity contribution >= 4 is 0 Å². The minimum Gasteiger partial charge on any atom is -0.383 e. The Bertz CT molecular complexity index is 354. The molecule has 1 aromatic rings. The number of halogens is 1. The molecule has 1 unspecified atom stereocenters. The molecule has 0 aliphatic carbocycles. The van der Waals surface area contributed by atoms with Crippen LogP contribution in [0.2, 0.25) is 0 Å². The standard InChI is InChI=1S/C16H26FNO2/c1-13(2)20-10-8-15(12-18-9-11-19-3)14-4-6-16(17)7-5-14/h4-7,13,15,18H,8-12H2,1-3H3. The van der Waals surface area contributed by atoms with Gasteiger partial charge in [0, 0.05) is 26.8 Å². The summed E-state index contributed by atoms with van der Waals surface area (Å²) in [7, 11) is 1.69. The van der Waals surface area contributed by atoms with E-state index < -0.39 is 0 Å². The van der Waals surface area contributed by atoms with Crippen LogP contribution >= 0.6 is 0 Å². The zero-order chi connectivity index (χ0) is 14.8. The Balaban J connectivity index is 2.51. The fraction of sp³-hybridized carbons (Fsp3) is 0.625. The monoisotopic (exact) mass is 283 g/mol. The molecule has 1 atom stereocenters. The molecular formula is C16H26FNO2. The lowest BCUT2D eigenvalue weighted by Crippen LogP contribution is -2.26. The van der Waals surface area contributed by atoms with E-state index in [1.807, 2.05) is 26.0 Å². The average Bonchev–Trinajstić information content (AvgIpc) is 2.42. The third-order valence-electron chi connectivity index (χ3n) is 3.13. The minimum absolute atomic E-state index is 0.196. The van der Waals surface area contributed by atoms with Crippen molar-refractivity contribution in [3.05, 3.63) is 35.6 Å². The smallest absolute Gasteiger partial charge is 0.123 e. The molecular weight excluding hydrogens is 257 g/mol. The van der Waals surface area contributed by atoms with Gasteiger partial charge in [-0.05, 0) is 43.9 Å². The Labute approximate surface area is 121 Å². The SMILES string of the molecule is COCCNCC(CCOC(C)C)c1ccc(F)cc1. The highest BCUT2D eigenvalue weighted by Gasteiger charge is 2.12. The highest BCUT2D eigenvalue weighted by molar-refractivity contribution is 5.20. The van der Waals surface area contributed by atoms with E-state index in [-0.39, 0.29) is 11.9 Å². The summed E-state index contributed by atoms with van der Waals surface area (Å²) in [6, 6.07) is 6.74. The summed E-state index contributed by atoms with van der Waals surface area (Å²) in [5.41, 5.74) is 1.14. The number of rotatable bonds is 10. The summed E-state index contributed by atoms with van der Waals surface area (Å²) in [6.45, 7) is 7.13. The molecule has 20 heavy (non-hydrogen) atoms. The Kier molecular flexibility index (Phi) is 8.42. The van der Waals surface area contributed by atoms with Crippen molar-refractivity contribution in [1.29, 1.82) is 0 Å². The first-order valence-corrected chi connectivity index (χ1v) is 7.20. The lowest BCUT2D eigenvalue weighted by molar-refractivity contribution is 0.0731. The van der Waals surface area contributed by atoms with Crippen LogP contribution in [0.1, 0.15) is 31.7 Å². The molecule has 0 heterocycles. The largest absolute Gasteiger partial charge is 0.383 e. The van der Waals surface area contributed by atoms with E-state index in [9.17, 15) is 4.39 Å². The highest BCUT2D eigenvalue weighted by atomic mass is 19.1. The second-order valence-corrected chi connectivity index (χ2v) is 5.15. The van der Waals surface area contributed by atoms with Gasteiger partial charge in [0.1, 0.15) is 5.82 Å². The van der Waals surface area contributed by atoms with Crippen molar-refractivity contribution in [2.45, 2.75) is 32.3 Å². The van der Waals surface area contributed by atoms with Crippen LogP contribution in [0.4, 0.5) is 4.39 Å². The molecule has 0 saturated heterocycles. The second-order valence-electron chi connectivity index (χ2n) is 5.15. The number of benzene rings is 1. The zero-order valence-corrected chi connectivity index (χ0v) is 12.7. The molecule has 1 aromatic carbocycles. The zero-order valence-electron chi connectivity index (χ0n) is 12.7. The van der Waals surface area contributed by atoms with E-state index in [0.29, 0.717) is 19.1 Å². The topological polar surface area (TPSA) is 30.5 Å². The predicted octanol–water partition coefficient (Wildman–Crippen LogP) is 2.96. The quantitative estimate of drug-likeness (QED) is 0.670. The molecule has 1 rings (SSSR count). The van der Waals surface area contributed by atoms with E-state index in [4.69, 9.17) is 9.47 Å². The van der Waals surface area contributed by atoms with Gasteiger partial charge in [-0.15, -0.1) is 0 Å². The van der Waals surface area contributed by atoms with Crippen molar-refractivity contribution < 1.29 is 13.9 Å². The van der Waals surface area contributed by atoms with E-state index in [0.717, 1.165) is 25.1 Å². The van der Waals surface area contributed by atoms with Gasteiger partial charge in [0.05, 0.1) is 12.7 Å². The van der Waals surface area contributed by atoms with Crippen LogP contribution in [-0.4, -0.2) is 39.5 Å². The highest BCUT2D eigenvalue weighted by Crippen LogP contribution is 2.19. The normalized spacial score (nSPS) is 12.8. The molecule has 1 N–H and O–H groups in total. The first-order chi connectivity index (χ1) is 9.63. The average molecular weight is 283 g/mol. The van der Waals surface area contributed by atoms with Crippen LogP contribution in [0.25, 0.3) is 0 Å². The van der Waals surface area contributed by atoms with Crippen LogP contribution < -0.4 is 5.32 Å². The summed E-state index contributed by atoms with van der Waals surface area (Å²) in [5, 5.41) is 3.36. The molecule has 0 saturated carbocycles. The van der Waals surface area contributed by atoms with Crippen molar-refractivity contribution in [1.82, 2.24) is 5.32 Å². The van der Waals surface area contributed by atoms with Gasteiger partial charge < -0.3 is 14.8 Å². The molecule has 0 spiro atoms. The van der Waals surface area contributed by atoms with Gasteiger partial charge in [-0.1, -0.05) is 12.1 Å². The molecule has 0 radical (unpaired) electrons. The summed E-state index contributed by atoms with van der Waals surface area (Å²) in [6.07, 6.45) is 1.16. The van der Waals surface area contributed by atoms with E-state index in [1.54, 1.807) is 7.11 Å². The third-order valence-corrected chi connectivity index (χ3v) is 3.13. The maximum atomic E-state index is 13.0. The molecule has 0 fully saturated rings. The molecule has 0 amide bonds. The predicted molar refractivity (Wildman–Crippen MR) is 79.6 cm³/mol. The summed E-state index contributed by atoms with van der Waals surface area (Å²) >= 11 is 0. The van der Waals surface area contributed by atoms with Gasteiger partial charge in [-0.3, -0.25) is 0 Å². The molecule has 4 heteroatoms. The molecule has 0 bridgehead atoms. The number of ether oxygens (including phenoxy) is 2. The Morgan fingerprint density at radius 1 is 1.15 bits per heavy atom. The van der Waals surface area contributed by atoms with Gasteiger partial charge in [0.2, 0.25) is 0 Å². The number of hydrogen-bond donors (Lipinski definition) is 1. The Hall–Kier alpha value is -0.970. The van der Waals surface area contributed by atoms with Crippen molar-refractivity contribution in [3.63, 3.8) is 0 Å². The van der Waals surface area contributed by atoms with Crippen LogP contribution in [-0.2, 0) is 9.47 Å². The van der Waals surface area contributed by atoms with Gasteiger partial charge >= 0.3 is 0 Å². The van der Waals surface area contributed by atoms with Crippen LogP contribution in [0.5, 0.6) is 0 Å². The maximum absolute atomic E-state index is 13.0. The van der Waals surface area contributed by atoms with Gasteiger partial charge in [-0.2, -0.15) is 0 Å². The molecule has 0 aliphatic rings. The first-order valence-electron chi connectivity index (χ1n) is 7.20. The number of nitrogens with one attached hydrogen (secondary N) is 1. The summed E-state index contributed by atoms with van der Waals surface area (Å²) in [4.78, 5) is 0. The molecule has 0 aromatic heterocycles. The summed E-state index contributed by atoms with van der Waals surface area (Å²) < 4.78 is 23.6. The maximum Gasteiger partial charge on any atom is 0.123 e. The van der Waals surface area contributed by atoms with Crippen LogP contribution in [0.15, 0.2) is 24.3 Å². The van der Waals surface area contributed by atoms with Crippen molar-refractivity contribution in [2.75, 3.05) is 33.4 Å². The van der Waals surface area contributed by atoms with Crippen LogP contribution in [0, 0.1) is 5.82 Å². The van der Waals surface area contributed by atoms with Gasteiger partial charge in [0.15, 0.2) is 0 Å². The molecule has 0 aliphatic heterocycles. The second kappa shape index (κ2) is 9.86. The number of methoxy groups -OCH3 is 1. The first kappa shape index (κ1) is 17.1. The number of hydrogen-bond acceptors (Lipinski definition) is 3. The van der Waals surface area contributed by atoms with E-state index >= 15 is 0 Å². The van der Waals surface area contributed by atoms with Crippen molar-refractivity contribution in [3.8, 4) is 0 Å². The Morgan fingerprint density at radius 3 is 2.45 bits per heavy atom. The van der Waals surface area contributed by atoms with Gasteiger partial charge in [-0.25, -0.2) is 4.39 Å². The molecule has 3 nitrogen and oxygen atoms in total. The Morgan fingerprint density at radius 2 is 1.85 bits per heavy atom. The lowest BCUT2D eigenvalue weighted by atomic mass is 9.96. The van der Waals surface area contributed by atoms with Gasteiger partial charge in [0.25, 0.3) is 0 Å². The fourth-order valence-electron chi connectivity index (χ4n) is 2.02. The van der Waals surface area contributed by atoms with E-state index in [2.05, 4.69) is 5.32 Å². The molecule has 114 valence electrons. The van der Waals surface area contributed by atoms with E-state index in [1.165, 1.54) is 12.1 Å². The fourth-order valence-corrected chi connectivity index (χ4v) is 2.02. The van der Waals surface area contributed by atoms with Crippen molar-refractivity contribution in [2.24, 2.45) is 0 Å². The lowest BCUT2D eigenvalue weighted by Gasteiger charge is -2.19. The third kappa shape index (κ3) is 6.98. The van der Waals surface area contributed by atoms with Crippen LogP contribution in [0.3, 0.4) is 0 Å².